The highest BCUT2D eigenvalue weighted by Crippen LogP contribution is 2.31. The lowest BCUT2D eigenvalue weighted by Gasteiger charge is -2.31. The molecular weight excluding hydrogens is 203 g/mol. The van der Waals surface area contributed by atoms with Crippen LogP contribution in [0.4, 0.5) is 4.39 Å². The van der Waals surface area contributed by atoms with E-state index >= 15 is 0 Å². The predicted octanol–water partition coefficient (Wildman–Crippen LogP) is 4.03. The van der Waals surface area contributed by atoms with Crippen molar-refractivity contribution in [2.24, 2.45) is 11.8 Å². The lowest BCUT2D eigenvalue weighted by molar-refractivity contribution is 0.101. The molecule has 0 bridgehead atoms. The smallest absolute Gasteiger partial charge is 0.123 e. The van der Waals surface area contributed by atoms with Crippen LogP contribution in [0.3, 0.4) is 0 Å². The summed E-state index contributed by atoms with van der Waals surface area (Å²) in [5.74, 6) is 2.04. The van der Waals surface area contributed by atoms with Crippen LogP contribution in [-0.2, 0) is 0 Å². The minimum absolute atomic E-state index is 0.210. The van der Waals surface area contributed by atoms with Crippen LogP contribution in [0.1, 0.15) is 33.1 Å². The number of ether oxygens (including phenoxy) is 1. The minimum atomic E-state index is -0.210. The van der Waals surface area contributed by atoms with Crippen molar-refractivity contribution in [3.63, 3.8) is 0 Å². The minimum Gasteiger partial charge on any atom is -0.490 e. The molecule has 2 heteroatoms. The Labute approximate surface area is 96.6 Å². The molecule has 1 nitrogen and oxygen atoms in total. The Morgan fingerprint density at radius 2 is 1.56 bits per heavy atom. The van der Waals surface area contributed by atoms with Crippen LogP contribution in [0.25, 0.3) is 0 Å². The third kappa shape index (κ3) is 2.97. The van der Waals surface area contributed by atoms with Gasteiger partial charge in [-0.25, -0.2) is 4.39 Å². The molecule has 2 unspecified atom stereocenters. The molecule has 88 valence electrons. The van der Waals surface area contributed by atoms with Gasteiger partial charge in [0, 0.05) is 0 Å². The van der Waals surface area contributed by atoms with Gasteiger partial charge in [-0.1, -0.05) is 13.8 Å². The molecule has 16 heavy (non-hydrogen) atoms. The quantitative estimate of drug-likeness (QED) is 0.734. The Hall–Kier alpha value is -1.05. The van der Waals surface area contributed by atoms with Gasteiger partial charge in [0.05, 0.1) is 6.10 Å². The Morgan fingerprint density at radius 3 is 2.12 bits per heavy atom. The highest BCUT2D eigenvalue weighted by Gasteiger charge is 2.25. The molecule has 0 N–H and O–H groups in total. The van der Waals surface area contributed by atoms with Crippen molar-refractivity contribution in [2.45, 2.75) is 39.2 Å². The summed E-state index contributed by atoms with van der Waals surface area (Å²) in [6.45, 7) is 4.55. The van der Waals surface area contributed by atoms with E-state index in [0.29, 0.717) is 6.10 Å². The summed E-state index contributed by atoms with van der Waals surface area (Å²) in [6.07, 6.45) is 3.82. The second kappa shape index (κ2) is 4.86. The molecule has 0 heterocycles. The SMILES string of the molecule is CC1CC(C)CC(Oc2ccc(F)cc2)C1. The first kappa shape index (κ1) is 11.4. The van der Waals surface area contributed by atoms with Crippen molar-refractivity contribution >= 4 is 0 Å². The molecule has 0 spiro atoms. The average Bonchev–Trinajstić information content (AvgIpc) is 2.20. The van der Waals surface area contributed by atoms with E-state index in [9.17, 15) is 4.39 Å². The van der Waals surface area contributed by atoms with Gasteiger partial charge in [0.1, 0.15) is 11.6 Å². The topological polar surface area (TPSA) is 9.23 Å². The van der Waals surface area contributed by atoms with Crippen molar-refractivity contribution < 1.29 is 9.13 Å². The molecule has 0 radical (unpaired) electrons. The fourth-order valence-electron chi connectivity index (χ4n) is 2.67. The van der Waals surface area contributed by atoms with Crippen LogP contribution in [0.5, 0.6) is 5.75 Å². The van der Waals surface area contributed by atoms with Gasteiger partial charge in [-0.05, 0) is 55.4 Å². The summed E-state index contributed by atoms with van der Waals surface area (Å²) in [4.78, 5) is 0. The fraction of sp³-hybridized carbons (Fsp3) is 0.571. The molecule has 2 rings (SSSR count). The van der Waals surface area contributed by atoms with E-state index in [1.807, 2.05) is 0 Å². The van der Waals surface area contributed by atoms with Crippen LogP contribution in [0.2, 0.25) is 0 Å². The molecule has 0 amide bonds. The number of benzene rings is 1. The van der Waals surface area contributed by atoms with E-state index in [-0.39, 0.29) is 5.82 Å². The molecule has 0 aromatic heterocycles. The van der Waals surface area contributed by atoms with Crippen LogP contribution in [0, 0.1) is 17.7 Å². The average molecular weight is 222 g/mol. The van der Waals surface area contributed by atoms with E-state index < -0.39 is 0 Å². The van der Waals surface area contributed by atoms with E-state index in [4.69, 9.17) is 4.74 Å². The number of hydrogen-bond donors (Lipinski definition) is 0. The maximum atomic E-state index is 12.7. The van der Waals surface area contributed by atoms with E-state index in [1.165, 1.54) is 18.6 Å². The van der Waals surface area contributed by atoms with Crippen LogP contribution < -0.4 is 4.74 Å². The van der Waals surface area contributed by atoms with Gasteiger partial charge < -0.3 is 4.74 Å². The summed E-state index contributed by atoms with van der Waals surface area (Å²) in [6, 6.07) is 6.31. The van der Waals surface area contributed by atoms with E-state index in [0.717, 1.165) is 30.4 Å². The second-order valence-corrected chi connectivity index (χ2v) is 5.11. The summed E-state index contributed by atoms with van der Waals surface area (Å²) in [5, 5.41) is 0. The molecule has 1 aliphatic rings. The molecule has 2 atom stereocenters. The first-order valence-corrected chi connectivity index (χ1v) is 6.05. The van der Waals surface area contributed by atoms with Gasteiger partial charge in [-0.2, -0.15) is 0 Å². The van der Waals surface area contributed by atoms with E-state index in [2.05, 4.69) is 13.8 Å². The van der Waals surface area contributed by atoms with Crippen molar-refractivity contribution in [3.8, 4) is 5.75 Å². The molecule has 0 saturated heterocycles. The highest BCUT2D eigenvalue weighted by atomic mass is 19.1. The standard InChI is InChI=1S/C14H19FO/c1-10-7-11(2)9-14(8-10)16-13-5-3-12(15)4-6-13/h3-6,10-11,14H,7-9H2,1-2H3. The lowest BCUT2D eigenvalue weighted by atomic mass is 9.82. The zero-order valence-electron chi connectivity index (χ0n) is 9.95. The summed E-state index contributed by atoms with van der Waals surface area (Å²) in [7, 11) is 0. The van der Waals surface area contributed by atoms with Crippen LogP contribution in [0.15, 0.2) is 24.3 Å². The predicted molar refractivity (Wildman–Crippen MR) is 63.0 cm³/mol. The zero-order chi connectivity index (χ0) is 11.5. The molecule has 1 aromatic carbocycles. The zero-order valence-corrected chi connectivity index (χ0v) is 9.95. The summed E-state index contributed by atoms with van der Waals surface area (Å²) < 4.78 is 18.6. The Morgan fingerprint density at radius 1 is 1.00 bits per heavy atom. The Balaban J connectivity index is 1.96. The van der Waals surface area contributed by atoms with Crippen molar-refractivity contribution in [1.29, 1.82) is 0 Å². The third-order valence-electron chi connectivity index (χ3n) is 3.25. The van der Waals surface area contributed by atoms with Crippen molar-refractivity contribution in [3.05, 3.63) is 30.1 Å². The third-order valence-corrected chi connectivity index (χ3v) is 3.25. The van der Waals surface area contributed by atoms with E-state index in [1.54, 1.807) is 12.1 Å². The fourth-order valence-corrected chi connectivity index (χ4v) is 2.67. The molecule has 0 aliphatic heterocycles. The number of hydrogen-bond acceptors (Lipinski definition) is 1. The Bertz CT molecular complexity index is 323. The van der Waals surface area contributed by atoms with Gasteiger partial charge in [0.15, 0.2) is 0 Å². The van der Waals surface area contributed by atoms with Gasteiger partial charge >= 0.3 is 0 Å². The lowest BCUT2D eigenvalue weighted by Crippen LogP contribution is -2.28. The molecule has 1 fully saturated rings. The van der Waals surface area contributed by atoms with Crippen molar-refractivity contribution in [1.82, 2.24) is 0 Å². The first-order valence-electron chi connectivity index (χ1n) is 6.05. The van der Waals surface area contributed by atoms with Crippen LogP contribution in [-0.4, -0.2) is 6.10 Å². The van der Waals surface area contributed by atoms with Gasteiger partial charge in [-0.15, -0.1) is 0 Å². The summed E-state index contributed by atoms with van der Waals surface area (Å²) >= 11 is 0. The molecule has 1 aromatic rings. The Kier molecular flexibility index (Phi) is 3.47. The molecule has 1 saturated carbocycles. The van der Waals surface area contributed by atoms with Gasteiger partial charge in [-0.3, -0.25) is 0 Å². The molecule has 1 aliphatic carbocycles. The second-order valence-electron chi connectivity index (χ2n) is 5.11. The molecular formula is C14H19FO. The van der Waals surface area contributed by atoms with Gasteiger partial charge in [0.2, 0.25) is 0 Å². The number of rotatable bonds is 2. The highest BCUT2D eigenvalue weighted by molar-refractivity contribution is 5.22. The first-order chi connectivity index (χ1) is 7.63. The maximum Gasteiger partial charge on any atom is 0.123 e. The number of halogens is 1. The van der Waals surface area contributed by atoms with Crippen molar-refractivity contribution in [2.75, 3.05) is 0 Å². The summed E-state index contributed by atoms with van der Waals surface area (Å²) in [5.41, 5.74) is 0. The largest absolute Gasteiger partial charge is 0.490 e. The van der Waals surface area contributed by atoms with Crippen LogP contribution >= 0.6 is 0 Å². The monoisotopic (exact) mass is 222 g/mol. The maximum absolute atomic E-state index is 12.7. The normalized spacial score (nSPS) is 30.1. The van der Waals surface area contributed by atoms with Gasteiger partial charge in [0.25, 0.3) is 0 Å².